The van der Waals surface area contributed by atoms with E-state index < -0.39 is 0 Å². The predicted octanol–water partition coefficient (Wildman–Crippen LogP) is 11.6. The highest BCUT2D eigenvalue weighted by atomic mass is 32.1. The summed E-state index contributed by atoms with van der Waals surface area (Å²) in [5.41, 5.74) is 6.27. The zero-order valence-corrected chi connectivity index (χ0v) is 25.9. The topological polar surface area (TPSA) is 42.5 Å². The van der Waals surface area contributed by atoms with Gasteiger partial charge in [-0.25, -0.2) is 4.99 Å². The number of rotatable bonds is 1. The van der Waals surface area contributed by atoms with Gasteiger partial charge in [0.1, 0.15) is 28.2 Å². The maximum atomic E-state index is 6.47. The highest BCUT2D eigenvalue weighted by molar-refractivity contribution is 7.23. The van der Waals surface area contributed by atoms with Crippen molar-refractivity contribution >= 4 is 97.5 Å². The van der Waals surface area contributed by atoms with Crippen molar-refractivity contribution in [1.82, 2.24) is 4.57 Å². The van der Waals surface area contributed by atoms with Crippen molar-refractivity contribution < 1.29 is 4.42 Å². The molecular weight excluding hydrogens is 595 g/mol. The number of thiophene rings is 1. The van der Waals surface area contributed by atoms with Gasteiger partial charge in [-0.05, 0) is 63.5 Å². The number of benzene rings is 7. The summed E-state index contributed by atoms with van der Waals surface area (Å²) in [5.74, 6) is 0.945. The minimum atomic E-state index is -0.252. The van der Waals surface area contributed by atoms with Crippen LogP contribution in [0.25, 0.3) is 75.4 Å². The molecule has 4 heterocycles. The first-order chi connectivity index (χ1) is 23.3. The van der Waals surface area contributed by atoms with Crippen LogP contribution in [0, 0.1) is 0 Å². The van der Waals surface area contributed by atoms with Gasteiger partial charge in [-0.3, -0.25) is 4.57 Å². The van der Waals surface area contributed by atoms with Crippen LogP contribution in [0.5, 0.6) is 0 Å². The molecule has 5 heteroatoms. The van der Waals surface area contributed by atoms with Gasteiger partial charge in [0.2, 0.25) is 0 Å². The van der Waals surface area contributed by atoms with E-state index in [0.717, 1.165) is 54.9 Å². The molecule has 0 aliphatic carbocycles. The number of nitrogens with zero attached hydrogens (tertiary/aromatic N) is 2. The lowest BCUT2D eigenvalue weighted by atomic mass is 10.0. The molecule has 1 unspecified atom stereocenters. The summed E-state index contributed by atoms with van der Waals surface area (Å²) < 4.78 is 10.1. The minimum absolute atomic E-state index is 0.252. The van der Waals surface area contributed by atoms with Crippen molar-refractivity contribution in [2.45, 2.75) is 6.17 Å². The van der Waals surface area contributed by atoms with Gasteiger partial charge in [0.25, 0.3) is 0 Å². The Morgan fingerprint density at radius 3 is 2.11 bits per heavy atom. The van der Waals surface area contributed by atoms with E-state index >= 15 is 0 Å². The van der Waals surface area contributed by atoms with Gasteiger partial charge in [0.15, 0.2) is 0 Å². The molecule has 0 amide bonds. The van der Waals surface area contributed by atoms with Gasteiger partial charge in [-0.1, -0.05) is 97.1 Å². The van der Waals surface area contributed by atoms with Crippen LogP contribution in [0.2, 0.25) is 0 Å². The molecule has 1 aliphatic heterocycles. The summed E-state index contributed by atoms with van der Waals surface area (Å²) in [5, 5.41) is 15.7. The second-order valence-electron chi connectivity index (χ2n) is 12.4. The molecule has 3 aromatic heterocycles. The van der Waals surface area contributed by atoms with Crippen LogP contribution in [-0.4, -0.2) is 10.4 Å². The van der Waals surface area contributed by atoms with E-state index in [4.69, 9.17) is 9.41 Å². The first kappa shape index (κ1) is 25.3. The monoisotopic (exact) mass is 619 g/mol. The minimum Gasteiger partial charge on any atom is -0.456 e. The lowest BCUT2D eigenvalue weighted by molar-refractivity contribution is 0.669. The number of furan rings is 1. The van der Waals surface area contributed by atoms with Crippen LogP contribution < -0.4 is 5.32 Å². The molecule has 0 radical (unpaired) electrons. The molecule has 11 rings (SSSR count). The van der Waals surface area contributed by atoms with E-state index in [1.807, 2.05) is 6.07 Å². The van der Waals surface area contributed by atoms with Gasteiger partial charge in [-0.15, -0.1) is 11.3 Å². The molecule has 7 aromatic carbocycles. The number of hydrogen-bond donors (Lipinski definition) is 1. The highest BCUT2D eigenvalue weighted by Crippen LogP contribution is 2.45. The van der Waals surface area contributed by atoms with Gasteiger partial charge in [-0.2, -0.15) is 0 Å². The summed E-state index contributed by atoms with van der Waals surface area (Å²) in [4.78, 5) is 5.61. The third-order valence-corrected chi connectivity index (χ3v) is 10.9. The molecule has 1 atom stereocenters. The second-order valence-corrected chi connectivity index (χ2v) is 13.5. The average molecular weight is 620 g/mol. The highest BCUT2D eigenvalue weighted by Gasteiger charge is 2.30. The second kappa shape index (κ2) is 9.32. The molecule has 1 N–H and O–H groups in total. The van der Waals surface area contributed by atoms with Crippen molar-refractivity contribution in [1.29, 1.82) is 0 Å². The van der Waals surface area contributed by atoms with E-state index in [1.165, 1.54) is 42.4 Å². The molecule has 1 aliphatic rings. The zero-order chi connectivity index (χ0) is 30.6. The van der Waals surface area contributed by atoms with Crippen molar-refractivity contribution in [2.75, 3.05) is 5.32 Å². The Bertz CT molecular complexity index is 2960. The predicted molar refractivity (Wildman–Crippen MR) is 198 cm³/mol. The Kier molecular flexibility index (Phi) is 5.02. The molecule has 4 nitrogen and oxygen atoms in total. The fourth-order valence-corrected chi connectivity index (χ4v) is 8.69. The van der Waals surface area contributed by atoms with E-state index in [0.29, 0.717) is 0 Å². The summed E-state index contributed by atoms with van der Waals surface area (Å²) in [6.07, 6.45) is -0.252. The Labute approximate surface area is 272 Å². The third-order valence-electron chi connectivity index (χ3n) is 9.77. The molecule has 0 saturated carbocycles. The Morgan fingerprint density at radius 2 is 1.23 bits per heavy atom. The maximum absolute atomic E-state index is 6.47. The largest absolute Gasteiger partial charge is 0.456 e. The number of aromatic nitrogens is 1. The van der Waals surface area contributed by atoms with E-state index in [2.05, 4.69) is 143 Å². The molecule has 220 valence electrons. The van der Waals surface area contributed by atoms with Crippen molar-refractivity contribution in [3.8, 4) is 0 Å². The maximum Gasteiger partial charge on any atom is 0.147 e. The zero-order valence-electron chi connectivity index (χ0n) is 25.1. The van der Waals surface area contributed by atoms with Crippen LogP contribution in [0.4, 0.5) is 5.00 Å². The quantitative estimate of drug-likeness (QED) is 0.199. The fourth-order valence-electron chi connectivity index (χ4n) is 7.57. The van der Waals surface area contributed by atoms with Gasteiger partial charge in [0, 0.05) is 37.7 Å². The number of hydrogen-bond acceptors (Lipinski definition) is 4. The first-order valence-electron chi connectivity index (χ1n) is 15.9. The number of nitrogens with one attached hydrogen (secondary N) is 1. The van der Waals surface area contributed by atoms with Crippen molar-refractivity contribution in [3.63, 3.8) is 0 Å². The van der Waals surface area contributed by atoms with Gasteiger partial charge < -0.3 is 9.73 Å². The van der Waals surface area contributed by atoms with Crippen LogP contribution in [-0.2, 0) is 0 Å². The molecule has 10 aromatic rings. The third kappa shape index (κ3) is 3.60. The SMILES string of the molecule is c1ccc2cc(C3N=C(n4c5cc6ccccc6cc5c5cc6c(cc54)oc4ccccc46)c4c(sc5ccccc45)N3)ccc2c1. The molecule has 0 spiro atoms. The van der Waals surface area contributed by atoms with E-state index in [1.54, 1.807) is 11.3 Å². The summed E-state index contributed by atoms with van der Waals surface area (Å²) in [6, 6.07) is 50.0. The molecule has 0 fully saturated rings. The lowest BCUT2D eigenvalue weighted by Crippen LogP contribution is -2.23. The summed E-state index contributed by atoms with van der Waals surface area (Å²) in [7, 11) is 0. The molecule has 0 bridgehead atoms. The first-order valence-corrected chi connectivity index (χ1v) is 16.7. The normalized spacial score (nSPS) is 14.9. The Balaban J connectivity index is 1.27. The van der Waals surface area contributed by atoms with E-state index in [9.17, 15) is 0 Å². The molecular formula is C42H25N3OS. The van der Waals surface area contributed by atoms with Crippen molar-refractivity contribution in [2.24, 2.45) is 4.99 Å². The van der Waals surface area contributed by atoms with Crippen molar-refractivity contribution in [3.05, 3.63) is 151 Å². The van der Waals surface area contributed by atoms with E-state index in [-0.39, 0.29) is 6.17 Å². The Morgan fingerprint density at radius 1 is 0.553 bits per heavy atom. The number of anilines is 1. The standard InChI is InChI=1S/C42H25N3OS/c1-2-10-25-19-28(18-17-24(25)9-1)40-43-41(39-30-14-6-8-16-38(30)47-42(39)44-40)45-34-21-27-12-4-3-11-26(27)20-31(34)32-22-33-29-13-5-7-15-36(29)46-37(33)23-35(32)45/h1-23,40,44H. The van der Waals surface area contributed by atoms with Gasteiger partial charge >= 0.3 is 0 Å². The average Bonchev–Trinajstić information content (AvgIpc) is 3.78. The molecule has 47 heavy (non-hydrogen) atoms. The molecule has 0 saturated heterocycles. The number of aliphatic imine (C=N–C) groups is 1. The summed E-state index contributed by atoms with van der Waals surface area (Å²) >= 11 is 1.80. The Hall–Kier alpha value is -5.91. The van der Waals surface area contributed by atoms with Crippen LogP contribution in [0.1, 0.15) is 17.3 Å². The number of para-hydroxylation sites is 1. The van der Waals surface area contributed by atoms with Crippen LogP contribution >= 0.6 is 11.3 Å². The summed E-state index contributed by atoms with van der Waals surface area (Å²) in [6.45, 7) is 0. The van der Waals surface area contributed by atoms with Crippen LogP contribution in [0.15, 0.2) is 149 Å². The number of fused-ring (bicyclic) bond motifs is 11. The smallest absolute Gasteiger partial charge is 0.147 e. The van der Waals surface area contributed by atoms with Gasteiger partial charge in [0.05, 0.1) is 16.6 Å². The fraction of sp³-hybridized carbons (Fsp3) is 0.0238. The lowest BCUT2D eigenvalue weighted by Gasteiger charge is -2.25. The van der Waals surface area contributed by atoms with Crippen LogP contribution in [0.3, 0.4) is 0 Å².